The fourth-order valence-electron chi connectivity index (χ4n) is 1.85. The van der Waals surface area contributed by atoms with Gasteiger partial charge >= 0.3 is 0 Å². The second-order valence-electron chi connectivity index (χ2n) is 4.70. The third kappa shape index (κ3) is 5.35. The Labute approximate surface area is 112 Å². The molecular weight excluding hydrogens is 291 g/mol. The number of hydrogen-bond donors (Lipinski definition) is 0. The van der Waals surface area contributed by atoms with E-state index in [9.17, 15) is 0 Å². The van der Waals surface area contributed by atoms with Crippen LogP contribution in [0, 0.1) is 0 Å². The highest BCUT2D eigenvalue weighted by Gasteiger charge is 2.22. The van der Waals surface area contributed by atoms with Gasteiger partial charge in [0.1, 0.15) is 0 Å². The van der Waals surface area contributed by atoms with Crippen LogP contribution in [-0.2, 0) is 9.47 Å². The summed E-state index contributed by atoms with van der Waals surface area (Å²) in [4.78, 5) is 0. The Morgan fingerprint density at radius 2 is 1.94 bits per heavy atom. The summed E-state index contributed by atoms with van der Waals surface area (Å²) in [6.45, 7) is 3.32. The van der Waals surface area contributed by atoms with Crippen LogP contribution in [0.2, 0.25) is 0 Å². The van der Waals surface area contributed by atoms with E-state index in [1.165, 1.54) is 32.1 Å². The summed E-state index contributed by atoms with van der Waals surface area (Å²) >= 11 is 9.25. The molecule has 0 aliphatic heterocycles. The van der Waals surface area contributed by atoms with Gasteiger partial charge in [-0.25, -0.2) is 0 Å². The fourth-order valence-corrected chi connectivity index (χ4v) is 2.61. The third-order valence-corrected chi connectivity index (χ3v) is 4.76. The lowest BCUT2D eigenvalue weighted by Crippen LogP contribution is -2.34. The molecule has 1 aliphatic carbocycles. The maximum absolute atomic E-state index is 5.84. The molecule has 1 unspecified atom stereocenters. The molecule has 1 atom stereocenters. The predicted octanol–water partition coefficient (Wildman–Crippen LogP) is 3.74. The molecule has 0 N–H and O–H groups in total. The van der Waals surface area contributed by atoms with Crippen LogP contribution < -0.4 is 0 Å². The van der Waals surface area contributed by atoms with E-state index in [2.05, 4.69) is 15.9 Å². The van der Waals surface area contributed by atoms with E-state index in [0.717, 1.165) is 5.33 Å². The maximum atomic E-state index is 5.84. The quantitative estimate of drug-likeness (QED) is 0.526. The SMILES string of the molecule is CC(CCl)(CBr)OCCOC1CCCCC1. The van der Waals surface area contributed by atoms with Crippen molar-refractivity contribution in [1.82, 2.24) is 0 Å². The van der Waals surface area contributed by atoms with Crippen LogP contribution >= 0.6 is 27.5 Å². The van der Waals surface area contributed by atoms with E-state index in [1.807, 2.05) is 6.92 Å². The van der Waals surface area contributed by atoms with Gasteiger partial charge in [0.2, 0.25) is 0 Å². The molecule has 1 aliphatic rings. The molecule has 96 valence electrons. The van der Waals surface area contributed by atoms with Crippen molar-refractivity contribution in [3.63, 3.8) is 0 Å². The lowest BCUT2D eigenvalue weighted by atomic mass is 9.98. The Hall–Kier alpha value is 0.690. The Balaban J connectivity index is 2.06. The van der Waals surface area contributed by atoms with Crippen molar-refractivity contribution in [3.05, 3.63) is 0 Å². The Bertz CT molecular complexity index is 180. The molecule has 4 heteroatoms. The van der Waals surface area contributed by atoms with E-state index >= 15 is 0 Å². The Kier molecular flexibility index (Phi) is 7.29. The third-order valence-electron chi connectivity index (χ3n) is 3.00. The van der Waals surface area contributed by atoms with Crippen LogP contribution in [0.4, 0.5) is 0 Å². The molecule has 0 aromatic rings. The van der Waals surface area contributed by atoms with Crippen molar-refractivity contribution in [2.45, 2.75) is 50.7 Å². The van der Waals surface area contributed by atoms with E-state index in [4.69, 9.17) is 21.1 Å². The normalized spacial score (nSPS) is 21.9. The first-order chi connectivity index (χ1) is 7.70. The van der Waals surface area contributed by atoms with E-state index < -0.39 is 0 Å². The molecule has 0 amide bonds. The second kappa shape index (κ2) is 7.91. The molecule has 0 radical (unpaired) electrons. The summed E-state index contributed by atoms with van der Waals surface area (Å²) in [5.74, 6) is 0.502. The lowest BCUT2D eigenvalue weighted by molar-refractivity contribution is -0.0537. The molecule has 0 spiro atoms. The van der Waals surface area contributed by atoms with Crippen LogP contribution in [0.3, 0.4) is 0 Å². The Morgan fingerprint density at radius 1 is 1.25 bits per heavy atom. The monoisotopic (exact) mass is 312 g/mol. The van der Waals surface area contributed by atoms with Crippen LogP contribution in [0.1, 0.15) is 39.0 Å². The summed E-state index contributed by atoms with van der Waals surface area (Å²) in [7, 11) is 0. The molecule has 1 fully saturated rings. The van der Waals surface area contributed by atoms with E-state index in [-0.39, 0.29) is 5.60 Å². The molecular formula is C12H22BrClO2. The number of hydrogen-bond acceptors (Lipinski definition) is 2. The largest absolute Gasteiger partial charge is 0.376 e. The van der Waals surface area contributed by atoms with Crippen LogP contribution in [0.25, 0.3) is 0 Å². The topological polar surface area (TPSA) is 18.5 Å². The van der Waals surface area contributed by atoms with Crippen LogP contribution in [0.5, 0.6) is 0 Å². The molecule has 2 nitrogen and oxygen atoms in total. The van der Waals surface area contributed by atoms with Gasteiger partial charge in [-0.05, 0) is 19.8 Å². The molecule has 0 heterocycles. The van der Waals surface area contributed by atoms with Gasteiger partial charge in [0.15, 0.2) is 0 Å². The zero-order valence-corrected chi connectivity index (χ0v) is 12.4. The fraction of sp³-hybridized carbons (Fsp3) is 1.00. The molecule has 0 aromatic carbocycles. The van der Waals surface area contributed by atoms with Gasteiger partial charge in [0.25, 0.3) is 0 Å². The minimum Gasteiger partial charge on any atom is -0.376 e. The van der Waals surface area contributed by atoms with Crippen molar-refractivity contribution < 1.29 is 9.47 Å². The summed E-state index contributed by atoms with van der Waals surface area (Å²) in [6.07, 6.45) is 6.88. The van der Waals surface area contributed by atoms with Crippen LogP contribution in [-0.4, -0.2) is 36.1 Å². The van der Waals surface area contributed by atoms with Crippen molar-refractivity contribution in [2.24, 2.45) is 0 Å². The maximum Gasteiger partial charge on any atom is 0.0886 e. The standard InChI is InChI=1S/C12H22BrClO2/c1-12(9-13,10-14)16-8-7-15-11-5-3-2-4-6-11/h11H,2-10H2,1H3. The average molecular weight is 314 g/mol. The smallest absolute Gasteiger partial charge is 0.0886 e. The highest BCUT2D eigenvalue weighted by molar-refractivity contribution is 9.09. The minimum absolute atomic E-state index is 0.266. The lowest BCUT2D eigenvalue weighted by Gasteiger charge is -2.26. The van der Waals surface area contributed by atoms with E-state index in [1.54, 1.807) is 0 Å². The molecule has 0 bridgehead atoms. The van der Waals surface area contributed by atoms with Crippen LogP contribution in [0.15, 0.2) is 0 Å². The van der Waals surface area contributed by atoms with Crippen molar-refractivity contribution >= 4 is 27.5 Å². The zero-order valence-electron chi connectivity index (χ0n) is 10.0. The molecule has 1 rings (SSSR count). The van der Waals surface area contributed by atoms with Gasteiger partial charge in [-0.3, -0.25) is 0 Å². The van der Waals surface area contributed by atoms with Gasteiger partial charge in [0, 0.05) is 5.33 Å². The number of rotatable bonds is 7. The first-order valence-electron chi connectivity index (χ1n) is 6.08. The molecule has 0 saturated heterocycles. The number of halogens is 2. The van der Waals surface area contributed by atoms with Gasteiger partial charge < -0.3 is 9.47 Å². The number of alkyl halides is 2. The first-order valence-corrected chi connectivity index (χ1v) is 7.73. The minimum atomic E-state index is -0.266. The highest BCUT2D eigenvalue weighted by Crippen LogP contribution is 2.20. The Morgan fingerprint density at radius 3 is 2.50 bits per heavy atom. The first kappa shape index (κ1) is 14.7. The van der Waals surface area contributed by atoms with Gasteiger partial charge in [-0.15, -0.1) is 11.6 Å². The van der Waals surface area contributed by atoms with Gasteiger partial charge in [-0.2, -0.15) is 0 Å². The van der Waals surface area contributed by atoms with Crippen molar-refractivity contribution in [1.29, 1.82) is 0 Å². The van der Waals surface area contributed by atoms with Crippen molar-refractivity contribution in [2.75, 3.05) is 24.4 Å². The predicted molar refractivity (Wildman–Crippen MR) is 71.7 cm³/mol. The van der Waals surface area contributed by atoms with Gasteiger partial charge in [-0.1, -0.05) is 35.2 Å². The average Bonchev–Trinajstić information content (AvgIpc) is 2.36. The summed E-state index contributed by atoms with van der Waals surface area (Å²) in [5.41, 5.74) is -0.266. The zero-order chi connectivity index (χ0) is 11.9. The van der Waals surface area contributed by atoms with Gasteiger partial charge in [0.05, 0.1) is 30.8 Å². The summed E-state index contributed by atoms with van der Waals surface area (Å²) < 4.78 is 11.5. The highest BCUT2D eigenvalue weighted by atomic mass is 79.9. The molecule has 1 saturated carbocycles. The second-order valence-corrected chi connectivity index (χ2v) is 5.52. The summed E-state index contributed by atoms with van der Waals surface area (Å²) in [5, 5.41) is 0.757. The molecule has 0 aromatic heterocycles. The summed E-state index contributed by atoms with van der Waals surface area (Å²) in [6, 6.07) is 0. The van der Waals surface area contributed by atoms with E-state index in [0.29, 0.717) is 25.2 Å². The van der Waals surface area contributed by atoms with Crippen molar-refractivity contribution in [3.8, 4) is 0 Å². The molecule has 16 heavy (non-hydrogen) atoms. The number of ether oxygens (including phenoxy) is 2.